The maximum Gasteiger partial charge on any atom is 0.119 e. The summed E-state index contributed by atoms with van der Waals surface area (Å²) in [4.78, 5) is 2.49. The van der Waals surface area contributed by atoms with E-state index in [-0.39, 0.29) is 0 Å². The molecule has 19 heavy (non-hydrogen) atoms. The summed E-state index contributed by atoms with van der Waals surface area (Å²) in [6.07, 6.45) is 3.77. The van der Waals surface area contributed by atoms with Gasteiger partial charge in [-0.2, -0.15) is 0 Å². The van der Waals surface area contributed by atoms with Crippen LogP contribution < -0.4 is 10.5 Å². The molecule has 1 aromatic carbocycles. The quantitative estimate of drug-likeness (QED) is 0.742. The van der Waals surface area contributed by atoms with Gasteiger partial charge in [0.2, 0.25) is 0 Å². The van der Waals surface area contributed by atoms with Crippen molar-refractivity contribution in [1.82, 2.24) is 4.90 Å². The Morgan fingerprint density at radius 3 is 2.58 bits per heavy atom. The fourth-order valence-corrected chi connectivity index (χ4v) is 2.26. The number of rotatable bonds is 9. The van der Waals surface area contributed by atoms with Crippen LogP contribution in [0.2, 0.25) is 0 Å². The smallest absolute Gasteiger partial charge is 0.119 e. The predicted octanol–water partition coefficient (Wildman–Crippen LogP) is 2.30. The molecule has 0 unspecified atom stereocenters. The number of hydrogen-bond donors (Lipinski definition) is 1. The van der Waals surface area contributed by atoms with Crippen molar-refractivity contribution < 1.29 is 4.74 Å². The molecule has 1 aliphatic rings. The third-order valence-electron chi connectivity index (χ3n) is 3.69. The summed E-state index contributed by atoms with van der Waals surface area (Å²) in [5.41, 5.74) is 6.81. The van der Waals surface area contributed by atoms with Crippen molar-refractivity contribution in [3.8, 4) is 5.75 Å². The zero-order chi connectivity index (χ0) is 13.5. The second kappa shape index (κ2) is 7.51. The standard InChI is InChI=1S/C16H26N2O/c1-2-18(13-15-3-4-15)11-12-19-16-7-5-14(6-8-16)9-10-17/h5-8,15H,2-4,9-13,17H2,1H3. The molecule has 1 saturated carbocycles. The van der Waals surface area contributed by atoms with E-state index in [2.05, 4.69) is 24.0 Å². The topological polar surface area (TPSA) is 38.5 Å². The minimum absolute atomic E-state index is 0.701. The van der Waals surface area contributed by atoms with Gasteiger partial charge in [0.1, 0.15) is 12.4 Å². The van der Waals surface area contributed by atoms with E-state index in [4.69, 9.17) is 10.5 Å². The molecule has 3 heteroatoms. The van der Waals surface area contributed by atoms with Gasteiger partial charge in [-0.15, -0.1) is 0 Å². The van der Waals surface area contributed by atoms with Crippen LogP contribution in [0.4, 0.5) is 0 Å². The largest absolute Gasteiger partial charge is 0.492 e. The number of nitrogens with zero attached hydrogens (tertiary/aromatic N) is 1. The van der Waals surface area contributed by atoms with E-state index < -0.39 is 0 Å². The van der Waals surface area contributed by atoms with Gasteiger partial charge in [-0.1, -0.05) is 19.1 Å². The number of hydrogen-bond acceptors (Lipinski definition) is 3. The molecule has 1 aliphatic carbocycles. The first kappa shape index (κ1) is 14.4. The number of benzene rings is 1. The van der Waals surface area contributed by atoms with Gasteiger partial charge >= 0.3 is 0 Å². The predicted molar refractivity (Wildman–Crippen MR) is 79.5 cm³/mol. The SMILES string of the molecule is CCN(CCOc1ccc(CCN)cc1)CC1CC1. The summed E-state index contributed by atoms with van der Waals surface area (Å²) in [5, 5.41) is 0. The van der Waals surface area contributed by atoms with Crippen LogP contribution in [-0.2, 0) is 6.42 Å². The molecule has 0 heterocycles. The molecule has 0 bridgehead atoms. The van der Waals surface area contributed by atoms with Crippen molar-refractivity contribution >= 4 is 0 Å². The van der Waals surface area contributed by atoms with Crippen LogP contribution in [0.15, 0.2) is 24.3 Å². The highest BCUT2D eigenvalue weighted by molar-refractivity contribution is 5.27. The Kier molecular flexibility index (Phi) is 5.67. The third-order valence-corrected chi connectivity index (χ3v) is 3.69. The van der Waals surface area contributed by atoms with Crippen LogP contribution in [0.3, 0.4) is 0 Å². The monoisotopic (exact) mass is 262 g/mol. The van der Waals surface area contributed by atoms with E-state index in [0.29, 0.717) is 6.54 Å². The number of likely N-dealkylation sites (N-methyl/N-ethyl adjacent to an activating group) is 1. The lowest BCUT2D eigenvalue weighted by atomic mass is 10.1. The van der Waals surface area contributed by atoms with Crippen LogP contribution in [0.25, 0.3) is 0 Å². The summed E-state index contributed by atoms with van der Waals surface area (Å²) in [7, 11) is 0. The molecule has 1 aromatic rings. The van der Waals surface area contributed by atoms with E-state index in [1.165, 1.54) is 24.9 Å². The summed E-state index contributed by atoms with van der Waals surface area (Å²) in [6, 6.07) is 8.29. The molecule has 0 amide bonds. The Bertz CT molecular complexity index is 360. The summed E-state index contributed by atoms with van der Waals surface area (Å²) < 4.78 is 5.80. The highest BCUT2D eigenvalue weighted by Crippen LogP contribution is 2.29. The lowest BCUT2D eigenvalue weighted by Crippen LogP contribution is -2.30. The van der Waals surface area contributed by atoms with E-state index in [1.807, 2.05) is 12.1 Å². The van der Waals surface area contributed by atoms with Gasteiger partial charge in [0.05, 0.1) is 0 Å². The normalized spacial score (nSPS) is 14.9. The van der Waals surface area contributed by atoms with Gasteiger partial charge in [-0.05, 0) is 56.0 Å². The Balaban J connectivity index is 1.68. The maximum atomic E-state index is 5.80. The molecule has 0 aromatic heterocycles. The average Bonchev–Trinajstić information content (AvgIpc) is 3.24. The first-order valence-electron chi connectivity index (χ1n) is 7.46. The molecule has 0 saturated heterocycles. The van der Waals surface area contributed by atoms with Crippen molar-refractivity contribution in [1.29, 1.82) is 0 Å². The molecular weight excluding hydrogens is 236 g/mol. The van der Waals surface area contributed by atoms with E-state index in [1.54, 1.807) is 0 Å². The molecule has 0 atom stereocenters. The summed E-state index contributed by atoms with van der Waals surface area (Å²) in [5.74, 6) is 1.92. The van der Waals surface area contributed by atoms with E-state index in [9.17, 15) is 0 Å². The lowest BCUT2D eigenvalue weighted by Gasteiger charge is -2.20. The van der Waals surface area contributed by atoms with Crippen molar-refractivity contribution in [3.63, 3.8) is 0 Å². The fraction of sp³-hybridized carbons (Fsp3) is 0.625. The Morgan fingerprint density at radius 2 is 2.00 bits per heavy atom. The zero-order valence-corrected chi connectivity index (χ0v) is 12.0. The minimum Gasteiger partial charge on any atom is -0.492 e. The molecule has 1 fully saturated rings. The molecule has 0 aliphatic heterocycles. The van der Waals surface area contributed by atoms with Crippen LogP contribution >= 0.6 is 0 Å². The Hall–Kier alpha value is -1.06. The second-order valence-electron chi connectivity index (χ2n) is 5.37. The van der Waals surface area contributed by atoms with Gasteiger partial charge in [0.15, 0.2) is 0 Å². The zero-order valence-electron chi connectivity index (χ0n) is 12.0. The van der Waals surface area contributed by atoms with Crippen molar-refractivity contribution in [3.05, 3.63) is 29.8 Å². The van der Waals surface area contributed by atoms with Crippen LogP contribution in [0, 0.1) is 5.92 Å². The molecule has 0 spiro atoms. The van der Waals surface area contributed by atoms with Crippen molar-refractivity contribution in [2.45, 2.75) is 26.2 Å². The average molecular weight is 262 g/mol. The minimum atomic E-state index is 0.701. The van der Waals surface area contributed by atoms with Crippen molar-refractivity contribution in [2.24, 2.45) is 11.7 Å². The highest BCUT2D eigenvalue weighted by atomic mass is 16.5. The lowest BCUT2D eigenvalue weighted by molar-refractivity contribution is 0.210. The van der Waals surface area contributed by atoms with Gasteiger partial charge in [0, 0.05) is 13.1 Å². The first-order chi connectivity index (χ1) is 9.31. The highest BCUT2D eigenvalue weighted by Gasteiger charge is 2.23. The van der Waals surface area contributed by atoms with Crippen LogP contribution in [0.5, 0.6) is 5.75 Å². The molecule has 0 radical (unpaired) electrons. The van der Waals surface area contributed by atoms with Crippen LogP contribution in [-0.4, -0.2) is 37.7 Å². The second-order valence-corrected chi connectivity index (χ2v) is 5.37. The van der Waals surface area contributed by atoms with Crippen molar-refractivity contribution in [2.75, 3.05) is 32.8 Å². The van der Waals surface area contributed by atoms with Gasteiger partial charge in [-0.3, -0.25) is 4.90 Å². The summed E-state index contributed by atoms with van der Waals surface area (Å²) in [6.45, 7) is 7.09. The maximum absolute atomic E-state index is 5.80. The fourth-order valence-electron chi connectivity index (χ4n) is 2.26. The molecule has 2 N–H and O–H groups in total. The van der Waals surface area contributed by atoms with E-state index in [0.717, 1.165) is 37.8 Å². The Labute approximate surface area is 116 Å². The number of nitrogens with two attached hydrogens (primary N) is 1. The third kappa shape index (κ3) is 5.21. The Morgan fingerprint density at radius 1 is 1.26 bits per heavy atom. The van der Waals surface area contributed by atoms with Gasteiger partial charge < -0.3 is 10.5 Å². The van der Waals surface area contributed by atoms with Gasteiger partial charge in [0.25, 0.3) is 0 Å². The molecule has 3 nitrogen and oxygen atoms in total. The molecule has 106 valence electrons. The number of ether oxygens (including phenoxy) is 1. The van der Waals surface area contributed by atoms with E-state index >= 15 is 0 Å². The summed E-state index contributed by atoms with van der Waals surface area (Å²) >= 11 is 0. The van der Waals surface area contributed by atoms with Crippen LogP contribution in [0.1, 0.15) is 25.3 Å². The molecule has 2 rings (SSSR count). The van der Waals surface area contributed by atoms with Gasteiger partial charge in [-0.25, -0.2) is 0 Å². The molecular formula is C16H26N2O. The first-order valence-corrected chi connectivity index (χ1v) is 7.46.